The molecule has 0 bridgehead atoms. The predicted octanol–water partition coefficient (Wildman–Crippen LogP) is 5.79. The molecule has 7 nitrogen and oxygen atoms in total. The molecule has 2 unspecified atom stereocenters. The summed E-state index contributed by atoms with van der Waals surface area (Å²) in [6.07, 6.45) is 2.46. The Labute approximate surface area is 198 Å². The highest BCUT2D eigenvalue weighted by molar-refractivity contribution is 5.92. The van der Waals surface area contributed by atoms with E-state index in [2.05, 4.69) is 9.97 Å². The minimum Gasteiger partial charge on any atom is -0.444 e. The number of ether oxygens (including phenoxy) is 1. The van der Waals surface area contributed by atoms with Crippen LogP contribution in [0.2, 0.25) is 0 Å². The van der Waals surface area contributed by atoms with Crippen molar-refractivity contribution in [2.24, 2.45) is 0 Å². The summed E-state index contributed by atoms with van der Waals surface area (Å²) in [6.45, 7) is 9.86. The fraction of sp³-hybridized carbons (Fsp3) is 0.708. The van der Waals surface area contributed by atoms with E-state index in [0.29, 0.717) is 18.7 Å². The first-order chi connectivity index (χ1) is 15.9. The van der Waals surface area contributed by atoms with E-state index in [1.54, 1.807) is 9.47 Å². The van der Waals surface area contributed by atoms with Gasteiger partial charge in [0, 0.05) is 37.4 Å². The number of nitrogens with zero attached hydrogens (tertiary/aromatic N) is 5. The highest BCUT2D eigenvalue weighted by atomic mass is 19.4. The highest BCUT2D eigenvalue weighted by Gasteiger charge is 2.41. The van der Waals surface area contributed by atoms with Crippen molar-refractivity contribution in [3.8, 4) is 0 Å². The van der Waals surface area contributed by atoms with Gasteiger partial charge in [-0.3, -0.25) is 0 Å². The van der Waals surface area contributed by atoms with Crippen LogP contribution < -0.4 is 4.90 Å². The van der Waals surface area contributed by atoms with Crippen molar-refractivity contribution in [3.05, 3.63) is 18.1 Å². The van der Waals surface area contributed by atoms with Gasteiger partial charge in [-0.1, -0.05) is 19.3 Å². The third-order valence-electron chi connectivity index (χ3n) is 6.75. The summed E-state index contributed by atoms with van der Waals surface area (Å²) >= 11 is 0. The molecule has 1 aliphatic carbocycles. The van der Waals surface area contributed by atoms with Gasteiger partial charge in [0.25, 0.3) is 0 Å². The van der Waals surface area contributed by atoms with Crippen LogP contribution in [0.5, 0.6) is 0 Å². The number of anilines is 1. The van der Waals surface area contributed by atoms with E-state index >= 15 is 0 Å². The Hall–Kier alpha value is -2.52. The second kappa shape index (κ2) is 8.92. The molecule has 2 aromatic heterocycles. The topological polar surface area (TPSA) is 63.5 Å². The maximum atomic E-state index is 14.2. The maximum absolute atomic E-state index is 14.2. The van der Waals surface area contributed by atoms with E-state index in [9.17, 15) is 18.0 Å². The molecule has 2 fully saturated rings. The lowest BCUT2D eigenvalue weighted by molar-refractivity contribution is -0.136. The minimum absolute atomic E-state index is 0.00969. The van der Waals surface area contributed by atoms with Crippen LogP contribution in [0.15, 0.2) is 12.5 Å². The summed E-state index contributed by atoms with van der Waals surface area (Å²) < 4.78 is 49.8. The van der Waals surface area contributed by atoms with E-state index in [1.807, 2.05) is 39.5 Å². The molecule has 2 aromatic rings. The van der Waals surface area contributed by atoms with E-state index in [4.69, 9.17) is 4.74 Å². The number of alkyl halides is 3. The zero-order valence-electron chi connectivity index (χ0n) is 20.5. The Kier molecular flexibility index (Phi) is 6.46. The van der Waals surface area contributed by atoms with Gasteiger partial charge in [-0.25, -0.2) is 14.8 Å². The first kappa shape index (κ1) is 24.6. The summed E-state index contributed by atoms with van der Waals surface area (Å²) in [5.41, 5.74) is -0.989. The smallest absolute Gasteiger partial charge is 0.418 e. The Bertz CT molecular complexity index is 1040. The third kappa shape index (κ3) is 4.81. The standard InChI is InChI=1S/C24H34F3N5O2/c1-15-12-31(22(33)34-23(3,4)5)16(2)11-30(15)20-19-18(24(25,26)27)13-32(21(19)29-14-28-20)17-9-7-6-8-10-17/h13-17H,6-12H2,1-5H3. The van der Waals surface area contributed by atoms with Crippen molar-refractivity contribution >= 4 is 22.9 Å². The van der Waals surface area contributed by atoms with Crippen LogP contribution in [-0.4, -0.2) is 56.3 Å². The van der Waals surface area contributed by atoms with Gasteiger partial charge in [0.05, 0.1) is 10.9 Å². The van der Waals surface area contributed by atoms with Crippen molar-refractivity contribution in [3.63, 3.8) is 0 Å². The van der Waals surface area contributed by atoms with Crippen molar-refractivity contribution in [1.82, 2.24) is 19.4 Å². The first-order valence-corrected chi connectivity index (χ1v) is 12.1. The maximum Gasteiger partial charge on any atom is 0.418 e. The quantitative estimate of drug-likeness (QED) is 0.543. The van der Waals surface area contributed by atoms with Crippen LogP contribution in [0.1, 0.15) is 78.3 Å². The lowest BCUT2D eigenvalue weighted by Gasteiger charge is -2.44. The molecule has 0 N–H and O–H groups in total. The second-order valence-electron chi connectivity index (χ2n) is 10.6. The van der Waals surface area contributed by atoms with Crippen LogP contribution in [0, 0.1) is 0 Å². The Balaban J connectivity index is 1.72. The van der Waals surface area contributed by atoms with Gasteiger partial charge in [0.15, 0.2) is 0 Å². The van der Waals surface area contributed by atoms with Gasteiger partial charge < -0.3 is 19.1 Å². The summed E-state index contributed by atoms with van der Waals surface area (Å²) in [7, 11) is 0. The molecule has 0 radical (unpaired) electrons. The minimum atomic E-state index is -4.52. The lowest BCUT2D eigenvalue weighted by Crippen LogP contribution is -2.59. The van der Waals surface area contributed by atoms with Crippen LogP contribution in [-0.2, 0) is 10.9 Å². The molecule has 2 atom stereocenters. The van der Waals surface area contributed by atoms with E-state index in [1.165, 1.54) is 12.5 Å². The average Bonchev–Trinajstić information content (AvgIpc) is 3.15. The normalized spacial score (nSPS) is 22.9. The fourth-order valence-electron chi connectivity index (χ4n) is 5.14. The van der Waals surface area contributed by atoms with E-state index in [-0.39, 0.29) is 29.3 Å². The lowest BCUT2D eigenvalue weighted by atomic mass is 9.95. The molecule has 0 spiro atoms. The van der Waals surface area contributed by atoms with Crippen molar-refractivity contribution in [2.45, 2.75) is 96.6 Å². The molecule has 1 saturated carbocycles. The van der Waals surface area contributed by atoms with Crippen LogP contribution in [0.3, 0.4) is 0 Å². The number of piperazine rings is 1. The van der Waals surface area contributed by atoms with Crippen molar-refractivity contribution in [1.29, 1.82) is 0 Å². The molecule has 1 saturated heterocycles. The number of hydrogen-bond acceptors (Lipinski definition) is 5. The van der Waals surface area contributed by atoms with E-state index < -0.39 is 23.4 Å². The number of rotatable bonds is 2. The van der Waals surface area contributed by atoms with E-state index in [0.717, 1.165) is 32.1 Å². The number of aromatic nitrogens is 3. The third-order valence-corrected chi connectivity index (χ3v) is 6.75. The highest BCUT2D eigenvalue weighted by Crippen LogP contribution is 2.42. The Morgan fingerprint density at radius 1 is 1.03 bits per heavy atom. The molecule has 10 heteroatoms. The summed E-state index contributed by atoms with van der Waals surface area (Å²) in [4.78, 5) is 24.9. The van der Waals surface area contributed by atoms with Crippen molar-refractivity contribution in [2.75, 3.05) is 18.0 Å². The van der Waals surface area contributed by atoms with Crippen LogP contribution in [0.4, 0.5) is 23.8 Å². The summed E-state index contributed by atoms with van der Waals surface area (Å²) in [6, 6.07) is -0.498. The SMILES string of the molecule is CC1CN(c2ncnc3c2c(C(F)(F)F)cn3C2CCCCC2)C(C)CN1C(=O)OC(C)(C)C. The fourth-order valence-corrected chi connectivity index (χ4v) is 5.14. The molecule has 1 amide bonds. The van der Waals surface area contributed by atoms with Gasteiger partial charge in [-0.15, -0.1) is 0 Å². The Morgan fingerprint density at radius 2 is 1.71 bits per heavy atom. The summed E-state index contributed by atoms with van der Waals surface area (Å²) in [5.74, 6) is 0.273. The number of halogens is 3. The number of fused-ring (bicyclic) bond motifs is 1. The molecule has 188 valence electrons. The van der Waals surface area contributed by atoms with Crippen molar-refractivity contribution < 1.29 is 22.7 Å². The van der Waals surface area contributed by atoms with Crippen LogP contribution >= 0.6 is 0 Å². The molecule has 3 heterocycles. The number of amides is 1. The predicted molar refractivity (Wildman–Crippen MR) is 124 cm³/mol. The van der Waals surface area contributed by atoms with Gasteiger partial charge in [0.1, 0.15) is 23.4 Å². The Morgan fingerprint density at radius 3 is 2.32 bits per heavy atom. The molecule has 0 aromatic carbocycles. The molecule has 34 heavy (non-hydrogen) atoms. The monoisotopic (exact) mass is 481 g/mol. The summed E-state index contributed by atoms with van der Waals surface area (Å²) in [5, 5.41) is 0.0466. The molecule has 2 aliphatic rings. The zero-order valence-corrected chi connectivity index (χ0v) is 20.5. The molecular formula is C24H34F3N5O2. The first-order valence-electron chi connectivity index (χ1n) is 12.1. The molecular weight excluding hydrogens is 447 g/mol. The van der Waals surface area contributed by atoms with Gasteiger partial charge >= 0.3 is 12.3 Å². The van der Waals surface area contributed by atoms with Gasteiger partial charge in [-0.05, 0) is 47.5 Å². The molecule has 4 rings (SSSR count). The largest absolute Gasteiger partial charge is 0.444 e. The van der Waals surface area contributed by atoms with Crippen LogP contribution in [0.25, 0.3) is 11.0 Å². The number of carbonyl (C=O) groups excluding carboxylic acids is 1. The van der Waals surface area contributed by atoms with Gasteiger partial charge in [-0.2, -0.15) is 13.2 Å². The molecule has 1 aliphatic heterocycles. The average molecular weight is 482 g/mol. The number of hydrogen-bond donors (Lipinski definition) is 0. The second-order valence-corrected chi connectivity index (χ2v) is 10.6. The van der Waals surface area contributed by atoms with Gasteiger partial charge in [0.2, 0.25) is 0 Å². The zero-order chi connectivity index (χ0) is 24.8. The number of carbonyl (C=O) groups is 1.